The van der Waals surface area contributed by atoms with Crippen molar-refractivity contribution in [2.75, 3.05) is 24.6 Å². The van der Waals surface area contributed by atoms with Crippen LogP contribution in [0.5, 0.6) is 5.75 Å². The summed E-state index contributed by atoms with van der Waals surface area (Å²) >= 11 is 0. The molecule has 0 unspecified atom stereocenters. The fraction of sp³-hybridized carbons (Fsp3) is 0.520. The zero-order valence-electron chi connectivity index (χ0n) is 17.6. The van der Waals surface area contributed by atoms with Crippen LogP contribution in [-0.2, 0) is 12.8 Å². The zero-order valence-corrected chi connectivity index (χ0v) is 17.6. The fourth-order valence-corrected chi connectivity index (χ4v) is 5.47. The van der Waals surface area contributed by atoms with Crippen LogP contribution >= 0.6 is 0 Å². The summed E-state index contributed by atoms with van der Waals surface area (Å²) < 4.78 is 6.02. The molecule has 1 saturated heterocycles. The van der Waals surface area contributed by atoms with Gasteiger partial charge in [0.1, 0.15) is 5.75 Å². The molecule has 3 aliphatic rings. The first-order valence-electron chi connectivity index (χ1n) is 11.1. The third-order valence-electron chi connectivity index (χ3n) is 7.11. The van der Waals surface area contributed by atoms with Gasteiger partial charge >= 0.3 is 0 Å². The Labute approximate surface area is 173 Å². The topological polar surface area (TPSA) is 44.7 Å². The number of rotatable bonds is 3. The maximum Gasteiger partial charge on any atom is 0.145 e. The lowest BCUT2D eigenvalue weighted by molar-refractivity contribution is 0.131. The number of hydrogen-bond acceptors (Lipinski definition) is 4. The molecule has 2 aromatic carbocycles. The second-order valence-electron chi connectivity index (χ2n) is 8.99. The largest absolute Gasteiger partial charge is 0.491 e. The highest BCUT2D eigenvalue weighted by molar-refractivity contribution is 5.62. The predicted molar refractivity (Wildman–Crippen MR) is 117 cm³/mol. The molecule has 2 atom stereocenters. The number of ether oxygens (including phenoxy) is 1. The normalized spacial score (nSPS) is 24.2. The van der Waals surface area contributed by atoms with E-state index < -0.39 is 6.10 Å². The van der Waals surface area contributed by atoms with Crippen LogP contribution in [0.15, 0.2) is 30.3 Å². The third-order valence-corrected chi connectivity index (χ3v) is 7.11. The van der Waals surface area contributed by atoms with Crippen LogP contribution in [0.2, 0.25) is 0 Å². The van der Waals surface area contributed by atoms with Gasteiger partial charge < -0.3 is 20.1 Å². The van der Waals surface area contributed by atoms with Crippen molar-refractivity contribution >= 4 is 5.69 Å². The number of anilines is 1. The van der Waals surface area contributed by atoms with Crippen molar-refractivity contribution in [3.8, 4) is 5.75 Å². The Kier molecular flexibility index (Phi) is 5.00. The highest BCUT2D eigenvalue weighted by atomic mass is 16.5. The van der Waals surface area contributed by atoms with Crippen LogP contribution in [0.3, 0.4) is 0 Å². The summed E-state index contributed by atoms with van der Waals surface area (Å²) in [6, 6.07) is 11.5. The van der Waals surface area contributed by atoms with E-state index >= 15 is 0 Å². The van der Waals surface area contributed by atoms with E-state index in [0.29, 0.717) is 6.04 Å². The van der Waals surface area contributed by atoms with Gasteiger partial charge in [-0.1, -0.05) is 24.3 Å². The molecule has 0 bridgehead atoms. The second-order valence-corrected chi connectivity index (χ2v) is 8.99. The molecule has 154 valence electrons. The van der Waals surface area contributed by atoms with Crippen molar-refractivity contribution in [2.24, 2.45) is 0 Å². The van der Waals surface area contributed by atoms with Crippen LogP contribution in [0, 0.1) is 13.8 Å². The van der Waals surface area contributed by atoms with E-state index in [1.54, 1.807) is 0 Å². The number of aliphatic hydroxyl groups excluding tert-OH is 1. The van der Waals surface area contributed by atoms with E-state index in [9.17, 15) is 5.11 Å². The van der Waals surface area contributed by atoms with Gasteiger partial charge in [0.05, 0.1) is 18.4 Å². The Morgan fingerprint density at radius 1 is 1.07 bits per heavy atom. The number of fused-ring (bicyclic) bond motifs is 2. The minimum Gasteiger partial charge on any atom is -0.491 e. The Morgan fingerprint density at radius 3 is 2.66 bits per heavy atom. The van der Waals surface area contributed by atoms with Crippen LogP contribution in [0.4, 0.5) is 5.69 Å². The molecule has 4 heteroatoms. The molecule has 2 N–H and O–H groups in total. The van der Waals surface area contributed by atoms with E-state index in [1.165, 1.54) is 27.9 Å². The van der Waals surface area contributed by atoms with Crippen LogP contribution < -0.4 is 15.0 Å². The molecule has 0 aromatic heterocycles. The van der Waals surface area contributed by atoms with Crippen molar-refractivity contribution in [1.82, 2.24) is 5.32 Å². The number of aliphatic hydroxyl groups is 1. The summed E-state index contributed by atoms with van der Waals surface area (Å²) in [4.78, 5) is 2.48. The molecule has 29 heavy (non-hydrogen) atoms. The molecular formula is C25H32N2O2. The molecule has 5 rings (SSSR count). The standard InChI is InChI=1S/C25H32N2O2/c1-16-8-9-17(2)23-20(16)15-21(24(23)28)26-19-10-12-27(13-11-19)22-7-3-5-18-6-4-14-29-25(18)22/h3,5,7-9,19,21,24,26,28H,4,6,10-15H2,1-2H3/t21-,24-/m1/s1. The van der Waals surface area contributed by atoms with Gasteiger partial charge in [-0.15, -0.1) is 0 Å². The van der Waals surface area contributed by atoms with Gasteiger partial charge in [0, 0.05) is 25.2 Å². The fourth-order valence-electron chi connectivity index (χ4n) is 5.47. The predicted octanol–water partition coefficient (Wildman–Crippen LogP) is 3.85. The first-order valence-corrected chi connectivity index (χ1v) is 11.1. The minimum atomic E-state index is -0.391. The molecule has 1 aliphatic carbocycles. The van der Waals surface area contributed by atoms with Gasteiger partial charge in [-0.05, 0) is 79.8 Å². The van der Waals surface area contributed by atoms with Crippen molar-refractivity contribution in [3.05, 3.63) is 58.1 Å². The van der Waals surface area contributed by atoms with Gasteiger partial charge in [-0.25, -0.2) is 0 Å². The molecule has 0 spiro atoms. The van der Waals surface area contributed by atoms with Gasteiger partial charge in [0.25, 0.3) is 0 Å². The number of aryl methyl sites for hydroxylation is 3. The van der Waals surface area contributed by atoms with Crippen molar-refractivity contribution in [1.29, 1.82) is 0 Å². The second kappa shape index (κ2) is 7.66. The lowest BCUT2D eigenvalue weighted by Gasteiger charge is -2.37. The number of nitrogens with one attached hydrogen (secondary N) is 1. The molecule has 4 nitrogen and oxygen atoms in total. The Bertz CT molecular complexity index is 902. The summed E-state index contributed by atoms with van der Waals surface area (Å²) in [5, 5.41) is 14.7. The Balaban J connectivity index is 1.24. The van der Waals surface area contributed by atoms with E-state index in [4.69, 9.17) is 4.74 Å². The smallest absolute Gasteiger partial charge is 0.145 e. The van der Waals surface area contributed by atoms with Crippen LogP contribution in [0.1, 0.15) is 53.2 Å². The maximum atomic E-state index is 10.9. The average molecular weight is 393 g/mol. The van der Waals surface area contributed by atoms with Crippen LogP contribution in [-0.4, -0.2) is 36.9 Å². The van der Waals surface area contributed by atoms with E-state index in [0.717, 1.165) is 63.1 Å². The number of benzene rings is 2. The van der Waals surface area contributed by atoms with Crippen molar-refractivity contribution < 1.29 is 9.84 Å². The molecule has 2 aliphatic heterocycles. The van der Waals surface area contributed by atoms with Gasteiger partial charge in [0.15, 0.2) is 0 Å². The highest BCUT2D eigenvalue weighted by Gasteiger charge is 2.35. The van der Waals surface area contributed by atoms with E-state index in [2.05, 4.69) is 54.4 Å². The van der Waals surface area contributed by atoms with Crippen molar-refractivity contribution in [2.45, 2.75) is 64.1 Å². The molecule has 1 fully saturated rings. The number of nitrogens with zero attached hydrogens (tertiary/aromatic N) is 1. The average Bonchev–Trinajstić information content (AvgIpc) is 3.08. The Hall–Kier alpha value is -2.04. The van der Waals surface area contributed by atoms with Gasteiger partial charge in [-0.3, -0.25) is 0 Å². The maximum absolute atomic E-state index is 10.9. The Morgan fingerprint density at radius 2 is 1.86 bits per heavy atom. The molecule has 0 saturated carbocycles. The van der Waals surface area contributed by atoms with E-state index in [-0.39, 0.29) is 6.04 Å². The van der Waals surface area contributed by atoms with Crippen LogP contribution in [0.25, 0.3) is 0 Å². The number of piperidine rings is 1. The zero-order chi connectivity index (χ0) is 20.0. The van der Waals surface area contributed by atoms with E-state index in [1.807, 2.05) is 0 Å². The molecule has 2 aromatic rings. The monoisotopic (exact) mass is 392 g/mol. The highest BCUT2D eigenvalue weighted by Crippen LogP contribution is 2.38. The summed E-state index contributed by atoms with van der Waals surface area (Å²) in [6.45, 7) is 7.18. The first kappa shape index (κ1) is 19.0. The summed E-state index contributed by atoms with van der Waals surface area (Å²) in [7, 11) is 0. The summed E-state index contributed by atoms with van der Waals surface area (Å²) in [6.07, 6.45) is 4.98. The van der Waals surface area contributed by atoms with Gasteiger partial charge in [-0.2, -0.15) is 0 Å². The summed E-state index contributed by atoms with van der Waals surface area (Å²) in [5.41, 5.74) is 7.64. The number of hydrogen-bond donors (Lipinski definition) is 2. The SMILES string of the molecule is Cc1ccc(C)c2c1C[C@@H](NC1CCN(c3cccc4c3OCCC4)CC1)[C@H]2O. The molecular weight excluding hydrogens is 360 g/mol. The molecule has 0 radical (unpaired) electrons. The lowest BCUT2D eigenvalue weighted by atomic mass is 9.99. The quantitative estimate of drug-likeness (QED) is 0.833. The van der Waals surface area contributed by atoms with Crippen molar-refractivity contribution in [3.63, 3.8) is 0 Å². The minimum absolute atomic E-state index is 0.133. The molecule has 0 amide bonds. The lowest BCUT2D eigenvalue weighted by Crippen LogP contribution is -2.47. The summed E-state index contributed by atoms with van der Waals surface area (Å²) in [5.74, 6) is 1.11. The third kappa shape index (κ3) is 3.43. The number of para-hydroxylation sites is 1. The molecule has 2 heterocycles. The first-order chi connectivity index (χ1) is 14.1. The van der Waals surface area contributed by atoms with Gasteiger partial charge in [0.2, 0.25) is 0 Å².